The molecule has 0 fully saturated rings. The van der Waals surface area contributed by atoms with Crippen molar-refractivity contribution >= 4 is 38.9 Å². The zero-order valence-corrected chi connectivity index (χ0v) is 13.1. The number of nitrogens with two attached hydrogens (primary N) is 1. The van der Waals surface area contributed by atoms with Crippen LogP contribution in [0.1, 0.15) is 0 Å². The Morgan fingerprint density at radius 1 is 1.19 bits per heavy atom. The first-order chi connectivity index (χ1) is 9.81. The Morgan fingerprint density at radius 2 is 1.81 bits per heavy atom. The minimum absolute atomic E-state index is 0.0983. The zero-order chi connectivity index (χ0) is 15.6. The third-order valence-corrected chi connectivity index (χ3v) is 4.19. The Kier molecular flexibility index (Phi) is 4.58. The molecule has 0 saturated heterocycles. The molecule has 2 rings (SSSR count). The molecule has 2 aromatic rings. The second kappa shape index (κ2) is 6.07. The van der Waals surface area contributed by atoms with Crippen LogP contribution in [0.15, 0.2) is 35.2 Å². The highest BCUT2D eigenvalue weighted by Crippen LogP contribution is 2.33. The fourth-order valence-corrected chi connectivity index (χ4v) is 2.57. The second-order valence-electron chi connectivity index (χ2n) is 4.10. The Balaban J connectivity index is 2.30. The van der Waals surface area contributed by atoms with Gasteiger partial charge in [-0.2, -0.15) is 4.98 Å². The predicted molar refractivity (Wildman–Crippen MR) is 81.7 cm³/mol. The Hall–Kier alpha value is -1.54. The number of nitrogen functional groups attached to an aromatic ring is 1. The molecule has 0 aliphatic heterocycles. The van der Waals surface area contributed by atoms with Gasteiger partial charge in [-0.3, -0.25) is 0 Å². The van der Waals surface area contributed by atoms with Crippen LogP contribution >= 0.6 is 23.2 Å². The van der Waals surface area contributed by atoms with Crippen LogP contribution in [-0.4, -0.2) is 19.7 Å². The van der Waals surface area contributed by atoms with Crippen molar-refractivity contribution in [2.45, 2.75) is 4.90 Å². The topological polar surface area (TPSA) is 94.3 Å². The Labute approximate surface area is 131 Å². The van der Waals surface area contributed by atoms with E-state index in [0.29, 0.717) is 5.75 Å². The third kappa shape index (κ3) is 3.76. The van der Waals surface area contributed by atoms with Crippen molar-refractivity contribution in [3.63, 3.8) is 0 Å². The normalized spacial score (nSPS) is 11.2. The molecule has 0 aliphatic carbocycles. The molecule has 0 aliphatic rings. The van der Waals surface area contributed by atoms with Crippen LogP contribution < -0.4 is 16.0 Å². The largest absolute Gasteiger partial charge is 0.437 e. The van der Waals surface area contributed by atoms with Gasteiger partial charge in [-0.25, -0.2) is 14.3 Å². The number of anilines is 1. The molecule has 1 aromatic carbocycles. The number of hydrogen-bond donors (Lipinski definition) is 2. The molecule has 112 valence electrons. The van der Waals surface area contributed by atoms with Crippen molar-refractivity contribution in [2.24, 2.45) is 5.84 Å². The van der Waals surface area contributed by atoms with E-state index < -0.39 is 9.84 Å². The SMILES string of the molecule is CS(=O)(=O)c1ccc(Oc2nc(NN)c(Cl)cc2Cl)cc1. The minimum atomic E-state index is -3.26. The number of nitrogens with zero attached hydrogens (tertiary/aromatic N) is 1. The lowest BCUT2D eigenvalue weighted by molar-refractivity contribution is 0.463. The summed E-state index contributed by atoms with van der Waals surface area (Å²) in [5.41, 5.74) is 2.32. The lowest BCUT2D eigenvalue weighted by Crippen LogP contribution is -2.09. The van der Waals surface area contributed by atoms with Crippen LogP contribution in [0.4, 0.5) is 5.82 Å². The van der Waals surface area contributed by atoms with Crippen LogP contribution in [0.25, 0.3) is 0 Å². The van der Waals surface area contributed by atoms with Gasteiger partial charge in [0.1, 0.15) is 10.8 Å². The fourth-order valence-electron chi connectivity index (χ4n) is 1.49. The molecule has 0 saturated carbocycles. The van der Waals surface area contributed by atoms with Gasteiger partial charge in [-0.15, -0.1) is 0 Å². The van der Waals surface area contributed by atoms with Gasteiger partial charge < -0.3 is 10.2 Å². The molecule has 3 N–H and O–H groups in total. The number of ether oxygens (including phenoxy) is 1. The third-order valence-electron chi connectivity index (χ3n) is 2.50. The second-order valence-corrected chi connectivity index (χ2v) is 6.93. The molecule has 0 atom stereocenters. The number of rotatable bonds is 4. The number of hydrazine groups is 1. The first-order valence-corrected chi connectivity index (χ1v) is 8.26. The lowest BCUT2D eigenvalue weighted by atomic mass is 10.3. The highest BCUT2D eigenvalue weighted by molar-refractivity contribution is 7.90. The summed E-state index contributed by atoms with van der Waals surface area (Å²) in [6.07, 6.45) is 1.12. The highest BCUT2D eigenvalue weighted by atomic mass is 35.5. The maximum Gasteiger partial charge on any atom is 0.240 e. The lowest BCUT2D eigenvalue weighted by Gasteiger charge is -2.10. The summed E-state index contributed by atoms with van der Waals surface area (Å²) >= 11 is 11.8. The van der Waals surface area contributed by atoms with Crippen molar-refractivity contribution in [3.8, 4) is 11.6 Å². The first kappa shape index (κ1) is 15.8. The molecule has 6 nitrogen and oxygen atoms in total. The van der Waals surface area contributed by atoms with Gasteiger partial charge in [0.05, 0.1) is 9.92 Å². The molecule has 1 aromatic heterocycles. The van der Waals surface area contributed by atoms with Crippen molar-refractivity contribution in [1.82, 2.24) is 4.98 Å². The number of pyridine rings is 1. The highest BCUT2D eigenvalue weighted by Gasteiger charge is 2.12. The molecule has 0 unspecified atom stereocenters. The number of benzene rings is 1. The van der Waals surface area contributed by atoms with E-state index >= 15 is 0 Å². The molecule has 0 bridgehead atoms. The van der Waals surface area contributed by atoms with Crippen molar-refractivity contribution in [3.05, 3.63) is 40.4 Å². The minimum Gasteiger partial charge on any atom is -0.437 e. The number of hydrogen-bond acceptors (Lipinski definition) is 6. The molecule has 1 heterocycles. The maximum atomic E-state index is 11.4. The van der Waals surface area contributed by atoms with E-state index in [-0.39, 0.29) is 26.6 Å². The van der Waals surface area contributed by atoms with Crippen molar-refractivity contribution < 1.29 is 13.2 Å². The number of sulfone groups is 1. The first-order valence-electron chi connectivity index (χ1n) is 5.62. The average Bonchev–Trinajstić information content (AvgIpc) is 2.41. The van der Waals surface area contributed by atoms with Gasteiger partial charge in [-0.1, -0.05) is 23.2 Å². The van der Waals surface area contributed by atoms with Gasteiger partial charge in [-0.05, 0) is 30.3 Å². The Bertz CT molecular complexity index is 764. The van der Waals surface area contributed by atoms with E-state index in [1.807, 2.05) is 0 Å². The van der Waals surface area contributed by atoms with Crippen LogP contribution in [0.5, 0.6) is 11.6 Å². The van der Waals surface area contributed by atoms with Gasteiger partial charge >= 0.3 is 0 Å². The maximum absolute atomic E-state index is 11.4. The van der Waals surface area contributed by atoms with E-state index in [9.17, 15) is 8.42 Å². The van der Waals surface area contributed by atoms with Crippen LogP contribution in [0.3, 0.4) is 0 Å². The van der Waals surface area contributed by atoms with Crippen LogP contribution in [0, 0.1) is 0 Å². The molecule has 21 heavy (non-hydrogen) atoms. The van der Waals surface area contributed by atoms with E-state index in [1.54, 1.807) is 0 Å². The predicted octanol–water partition coefficient (Wildman–Crippen LogP) is 2.87. The average molecular weight is 348 g/mol. The molecular weight excluding hydrogens is 337 g/mol. The fraction of sp³-hybridized carbons (Fsp3) is 0.0833. The summed E-state index contributed by atoms with van der Waals surface area (Å²) in [5, 5.41) is 0.452. The summed E-state index contributed by atoms with van der Waals surface area (Å²) in [6, 6.07) is 7.29. The summed E-state index contributed by atoms with van der Waals surface area (Å²) < 4.78 is 28.2. The van der Waals surface area contributed by atoms with E-state index in [1.165, 1.54) is 30.3 Å². The Morgan fingerprint density at radius 3 is 2.33 bits per heavy atom. The van der Waals surface area contributed by atoms with Crippen LogP contribution in [0.2, 0.25) is 10.0 Å². The number of halogens is 2. The molecule has 0 spiro atoms. The van der Waals surface area contributed by atoms with Gasteiger partial charge in [0.25, 0.3) is 0 Å². The zero-order valence-electron chi connectivity index (χ0n) is 10.8. The van der Waals surface area contributed by atoms with Gasteiger partial charge in [0, 0.05) is 6.26 Å². The molecular formula is C12H11Cl2N3O3S. The van der Waals surface area contributed by atoms with E-state index in [2.05, 4.69) is 10.4 Å². The van der Waals surface area contributed by atoms with Crippen molar-refractivity contribution in [2.75, 3.05) is 11.7 Å². The number of aromatic nitrogens is 1. The molecule has 0 radical (unpaired) electrons. The summed E-state index contributed by atoms with van der Waals surface area (Å²) in [4.78, 5) is 4.21. The summed E-state index contributed by atoms with van der Waals surface area (Å²) in [7, 11) is -3.26. The quantitative estimate of drug-likeness (QED) is 0.652. The van der Waals surface area contributed by atoms with Gasteiger partial charge in [0.15, 0.2) is 15.7 Å². The van der Waals surface area contributed by atoms with Crippen molar-refractivity contribution in [1.29, 1.82) is 0 Å². The summed E-state index contributed by atoms with van der Waals surface area (Å²) in [5.74, 6) is 5.96. The molecule has 0 amide bonds. The monoisotopic (exact) mass is 347 g/mol. The van der Waals surface area contributed by atoms with Crippen LogP contribution in [-0.2, 0) is 9.84 Å². The smallest absolute Gasteiger partial charge is 0.240 e. The summed E-state index contributed by atoms with van der Waals surface area (Å²) in [6.45, 7) is 0. The molecule has 9 heteroatoms. The van der Waals surface area contributed by atoms with E-state index in [4.69, 9.17) is 33.8 Å². The van der Waals surface area contributed by atoms with Gasteiger partial charge in [0.2, 0.25) is 5.88 Å². The van der Waals surface area contributed by atoms with E-state index in [0.717, 1.165) is 6.26 Å². The number of nitrogens with one attached hydrogen (secondary N) is 1. The standard InChI is InChI=1S/C12H11Cl2N3O3S/c1-21(18,19)8-4-2-7(3-5-8)20-12-10(14)6-9(13)11(16-12)17-15/h2-6H,15H2,1H3,(H,16,17).